The van der Waals surface area contributed by atoms with E-state index in [4.69, 9.17) is 4.74 Å². The minimum Gasteiger partial charge on any atom is -0.466 e. The summed E-state index contributed by atoms with van der Waals surface area (Å²) in [5.41, 5.74) is 0.125. The zero-order chi connectivity index (χ0) is 14.5. The number of hydrogen-bond donors (Lipinski definition) is 0. The van der Waals surface area contributed by atoms with Gasteiger partial charge in [0.05, 0.1) is 25.8 Å². The second kappa shape index (κ2) is 6.14. The van der Waals surface area contributed by atoms with E-state index < -0.39 is 5.97 Å². The van der Waals surface area contributed by atoms with Gasteiger partial charge in [-0.25, -0.2) is 4.52 Å². The summed E-state index contributed by atoms with van der Waals surface area (Å²) >= 11 is 0. The topological polar surface area (TPSA) is 82.7 Å². The van der Waals surface area contributed by atoms with Gasteiger partial charge in [-0.3, -0.25) is 14.4 Å². The van der Waals surface area contributed by atoms with Crippen LogP contribution < -0.4 is 5.56 Å². The van der Waals surface area contributed by atoms with Gasteiger partial charge in [0.1, 0.15) is 5.52 Å². The van der Waals surface area contributed by atoms with Crippen LogP contribution in [0.3, 0.4) is 0 Å². The summed E-state index contributed by atoms with van der Waals surface area (Å²) < 4.78 is 7.50. The van der Waals surface area contributed by atoms with Crippen molar-refractivity contribution < 1.29 is 14.3 Å². The summed E-state index contributed by atoms with van der Waals surface area (Å²) in [5.74, 6) is -0.594. The fourth-order valence-electron chi connectivity index (χ4n) is 1.83. The Hall–Kier alpha value is -2.44. The first-order chi connectivity index (χ1) is 9.61. The van der Waals surface area contributed by atoms with Gasteiger partial charge in [0.2, 0.25) is 0 Å². The summed E-state index contributed by atoms with van der Waals surface area (Å²) in [7, 11) is 0. The maximum atomic E-state index is 12.0. The van der Waals surface area contributed by atoms with Crippen molar-refractivity contribution in [3.63, 3.8) is 0 Å². The van der Waals surface area contributed by atoms with Gasteiger partial charge in [0.15, 0.2) is 5.78 Å². The van der Waals surface area contributed by atoms with E-state index in [0.29, 0.717) is 12.1 Å². The van der Waals surface area contributed by atoms with Crippen molar-refractivity contribution in [2.45, 2.75) is 26.3 Å². The second-order valence-electron chi connectivity index (χ2n) is 4.24. The fourth-order valence-corrected chi connectivity index (χ4v) is 1.83. The molecular formula is C13H15N3O4. The average molecular weight is 277 g/mol. The third kappa shape index (κ3) is 3.11. The lowest BCUT2D eigenvalue weighted by Crippen LogP contribution is -2.25. The molecule has 0 aliphatic heterocycles. The summed E-state index contributed by atoms with van der Waals surface area (Å²) in [6.45, 7) is 1.95. The van der Waals surface area contributed by atoms with Crippen LogP contribution in [0.2, 0.25) is 0 Å². The van der Waals surface area contributed by atoms with E-state index >= 15 is 0 Å². The maximum Gasteiger partial charge on any atom is 0.306 e. The number of ether oxygens (including phenoxy) is 1. The van der Waals surface area contributed by atoms with E-state index in [0.717, 1.165) is 0 Å². The van der Waals surface area contributed by atoms with Gasteiger partial charge in [0.25, 0.3) is 5.56 Å². The Kier molecular flexibility index (Phi) is 4.29. The molecule has 2 aromatic heterocycles. The lowest BCUT2D eigenvalue weighted by molar-refractivity contribution is -0.144. The molecule has 2 heterocycles. The Morgan fingerprint density at radius 3 is 2.85 bits per heavy atom. The fraction of sp³-hybridized carbons (Fsp3) is 0.385. The molecule has 0 amide bonds. The molecule has 0 aliphatic rings. The number of ketones is 1. The number of rotatable bonds is 6. The maximum absolute atomic E-state index is 12.0. The number of esters is 1. The lowest BCUT2D eigenvalue weighted by atomic mass is 10.2. The van der Waals surface area contributed by atoms with Crippen LogP contribution in [0.15, 0.2) is 29.5 Å². The van der Waals surface area contributed by atoms with E-state index in [-0.39, 0.29) is 30.7 Å². The Bertz CT molecular complexity index is 686. The van der Waals surface area contributed by atoms with Crippen molar-refractivity contribution in [3.8, 4) is 0 Å². The molecule has 0 saturated carbocycles. The molecule has 0 aliphatic carbocycles. The third-order valence-corrected chi connectivity index (χ3v) is 2.80. The first kappa shape index (κ1) is 14.0. The van der Waals surface area contributed by atoms with E-state index in [1.807, 2.05) is 0 Å². The number of Topliss-reactive ketones (excluding diaryl/α,β-unsaturated/α-hetero) is 1. The predicted octanol–water partition coefficient (Wildman–Crippen LogP) is 0.408. The molecule has 20 heavy (non-hydrogen) atoms. The highest BCUT2D eigenvalue weighted by Crippen LogP contribution is 1.98. The molecule has 0 fully saturated rings. The summed E-state index contributed by atoms with van der Waals surface area (Å²) in [5, 5.41) is 3.94. The molecular weight excluding hydrogens is 262 g/mol. The molecule has 106 valence electrons. The highest BCUT2D eigenvalue weighted by molar-refractivity contribution is 5.82. The monoisotopic (exact) mass is 277 g/mol. The van der Waals surface area contributed by atoms with E-state index in [1.165, 1.54) is 21.5 Å². The Balaban J connectivity index is 2.01. The zero-order valence-corrected chi connectivity index (χ0v) is 11.1. The van der Waals surface area contributed by atoms with Crippen molar-refractivity contribution in [1.29, 1.82) is 0 Å². The van der Waals surface area contributed by atoms with Crippen LogP contribution in [0.4, 0.5) is 0 Å². The normalized spacial score (nSPS) is 10.7. The Morgan fingerprint density at radius 2 is 2.10 bits per heavy atom. The van der Waals surface area contributed by atoms with Crippen LogP contribution in [-0.4, -0.2) is 32.5 Å². The summed E-state index contributed by atoms with van der Waals surface area (Å²) in [6, 6.07) is 1.59. The van der Waals surface area contributed by atoms with Gasteiger partial charge in [-0.1, -0.05) is 0 Å². The summed E-state index contributed by atoms with van der Waals surface area (Å²) in [6.07, 6.45) is 4.73. The number of carbonyl (C=O) groups is 2. The van der Waals surface area contributed by atoms with Gasteiger partial charge in [-0.05, 0) is 13.0 Å². The molecule has 7 nitrogen and oxygen atoms in total. The predicted molar refractivity (Wildman–Crippen MR) is 70.3 cm³/mol. The van der Waals surface area contributed by atoms with Crippen LogP contribution in [0.5, 0.6) is 0 Å². The van der Waals surface area contributed by atoms with Crippen molar-refractivity contribution in [1.82, 2.24) is 14.2 Å². The largest absolute Gasteiger partial charge is 0.466 e. The minimum absolute atomic E-state index is 0.0380. The Morgan fingerprint density at radius 1 is 1.30 bits per heavy atom. The van der Waals surface area contributed by atoms with Gasteiger partial charge in [0, 0.05) is 18.8 Å². The van der Waals surface area contributed by atoms with Gasteiger partial charge >= 0.3 is 5.97 Å². The van der Waals surface area contributed by atoms with Gasteiger partial charge in [-0.15, -0.1) is 0 Å². The van der Waals surface area contributed by atoms with E-state index in [9.17, 15) is 14.4 Å². The number of fused-ring (bicyclic) bond motifs is 1. The zero-order valence-electron chi connectivity index (χ0n) is 11.1. The van der Waals surface area contributed by atoms with Crippen molar-refractivity contribution in [2.75, 3.05) is 6.61 Å². The molecule has 0 atom stereocenters. The third-order valence-electron chi connectivity index (χ3n) is 2.80. The first-order valence-electron chi connectivity index (χ1n) is 6.32. The molecule has 7 heteroatoms. The van der Waals surface area contributed by atoms with Crippen LogP contribution in [0.25, 0.3) is 5.52 Å². The summed E-state index contributed by atoms with van der Waals surface area (Å²) in [4.78, 5) is 34.9. The number of nitrogens with zero attached hydrogens (tertiary/aromatic N) is 3. The van der Waals surface area contributed by atoms with Crippen molar-refractivity contribution >= 4 is 17.3 Å². The standard InChI is InChI=1S/C13H15N3O4/c1-2-20-12(18)4-3-10(17)9-15-7-8-16-11(13(15)19)5-6-14-16/h5-8H,2-4,9H2,1H3. The molecule has 0 saturated heterocycles. The number of carbonyl (C=O) groups excluding carboxylic acids is 2. The molecule has 0 spiro atoms. The molecule has 0 unspecified atom stereocenters. The smallest absolute Gasteiger partial charge is 0.306 e. The molecule has 2 rings (SSSR count). The molecule has 0 radical (unpaired) electrons. The van der Waals surface area contributed by atoms with Gasteiger partial charge < -0.3 is 9.30 Å². The van der Waals surface area contributed by atoms with Crippen LogP contribution >= 0.6 is 0 Å². The van der Waals surface area contributed by atoms with Crippen molar-refractivity contribution in [3.05, 3.63) is 35.0 Å². The highest BCUT2D eigenvalue weighted by atomic mass is 16.5. The lowest BCUT2D eigenvalue weighted by Gasteiger charge is -2.05. The average Bonchev–Trinajstić information content (AvgIpc) is 2.89. The quantitative estimate of drug-likeness (QED) is 0.714. The molecule has 0 N–H and O–H groups in total. The number of hydrogen-bond acceptors (Lipinski definition) is 5. The van der Waals surface area contributed by atoms with E-state index in [2.05, 4.69) is 5.10 Å². The van der Waals surface area contributed by atoms with Crippen LogP contribution in [0.1, 0.15) is 19.8 Å². The van der Waals surface area contributed by atoms with Crippen LogP contribution in [0, 0.1) is 0 Å². The second-order valence-corrected chi connectivity index (χ2v) is 4.24. The number of aromatic nitrogens is 3. The van der Waals surface area contributed by atoms with Gasteiger partial charge in [-0.2, -0.15) is 5.10 Å². The molecule has 2 aromatic rings. The van der Waals surface area contributed by atoms with Crippen LogP contribution in [-0.2, 0) is 20.9 Å². The molecule has 0 aromatic carbocycles. The molecule has 0 bridgehead atoms. The van der Waals surface area contributed by atoms with E-state index in [1.54, 1.807) is 19.2 Å². The van der Waals surface area contributed by atoms with Crippen molar-refractivity contribution in [2.24, 2.45) is 0 Å². The highest BCUT2D eigenvalue weighted by Gasteiger charge is 2.10. The SMILES string of the molecule is CCOC(=O)CCC(=O)Cn1ccn2nccc2c1=O. The first-order valence-corrected chi connectivity index (χ1v) is 6.32. The minimum atomic E-state index is -0.403. The Labute approximate surface area is 114 Å².